The zero-order chi connectivity index (χ0) is 13.3. The first-order valence-electron chi connectivity index (χ1n) is 7.19. The summed E-state index contributed by atoms with van der Waals surface area (Å²) < 4.78 is 0. The number of aliphatic imine (C=N–C) groups is 1. The van der Waals surface area contributed by atoms with Gasteiger partial charge in [-0.25, -0.2) is 0 Å². The quantitative estimate of drug-likeness (QED) is 0.822. The van der Waals surface area contributed by atoms with E-state index in [0.29, 0.717) is 5.41 Å². The van der Waals surface area contributed by atoms with Crippen LogP contribution < -0.4 is 5.32 Å². The molecule has 0 aromatic heterocycles. The van der Waals surface area contributed by atoms with Gasteiger partial charge in [0, 0.05) is 18.0 Å². The highest BCUT2D eigenvalue weighted by molar-refractivity contribution is 8.14. The fourth-order valence-corrected chi connectivity index (χ4v) is 4.33. The van der Waals surface area contributed by atoms with Crippen molar-refractivity contribution < 1.29 is 0 Å². The Morgan fingerprint density at radius 2 is 1.84 bits per heavy atom. The van der Waals surface area contributed by atoms with Crippen LogP contribution >= 0.6 is 11.8 Å². The predicted molar refractivity (Wildman–Crippen MR) is 85.2 cm³/mol. The van der Waals surface area contributed by atoms with Crippen LogP contribution in [0.1, 0.15) is 36.8 Å². The Bertz CT molecular complexity index is 481. The zero-order valence-corrected chi connectivity index (χ0v) is 12.6. The Balaban J connectivity index is 1.73. The van der Waals surface area contributed by atoms with Crippen LogP contribution in [0, 0.1) is 19.3 Å². The van der Waals surface area contributed by atoms with Gasteiger partial charge in [-0.1, -0.05) is 42.8 Å². The van der Waals surface area contributed by atoms with Crippen LogP contribution in [0.5, 0.6) is 0 Å². The first kappa shape index (κ1) is 13.0. The van der Waals surface area contributed by atoms with Gasteiger partial charge in [-0.05, 0) is 43.2 Å². The number of hydrogen-bond acceptors (Lipinski definition) is 3. The standard InChI is InChI=1S/C16H22N2S/c1-12-6-5-7-13(2)14(12)18-15-17-10-16(11-19-15)8-3-4-9-16/h5-7H,3-4,8-11H2,1-2H3,(H,17,18). The zero-order valence-electron chi connectivity index (χ0n) is 11.8. The maximum Gasteiger partial charge on any atom is 0.161 e. The van der Waals surface area contributed by atoms with Crippen LogP contribution in [0.15, 0.2) is 23.2 Å². The largest absolute Gasteiger partial charge is 0.335 e. The van der Waals surface area contributed by atoms with Crippen molar-refractivity contribution in [2.45, 2.75) is 39.5 Å². The maximum absolute atomic E-state index is 4.81. The molecule has 1 aliphatic heterocycles. The lowest BCUT2D eigenvalue weighted by Gasteiger charge is -2.31. The number of nitrogens with zero attached hydrogens (tertiary/aromatic N) is 1. The van der Waals surface area contributed by atoms with Crippen LogP contribution in [0.3, 0.4) is 0 Å². The number of benzene rings is 1. The van der Waals surface area contributed by atoms with Gasteiger partial charge in [0.15, 0.2) is 5.17 Å². The van der Waals surface area contributed by atoms with Gasteiger partial charge >= 0.3 is 0 Å². The highest BCUT2D eigenvalue weighted by Crippen LogP contribution is 2.43. The molecule has 3 rings (SSSR count). The molecule has 1 aromatic rings. The summed E-state index contributed by atoms with van der Waals surface area (Å²) >= 11 is 1.91. The van der Waals surface area contributed by atoms with Gasteiger partial charge in [-0.3, -0.25) is 4.99 Å². The second kappa shape index (κ2) is 5.20. The number of thioether (sulfide) groups is 1. The molecule has 1 saturated carbocycles. The molecule has 0 saturated heterocycles. The normalized spacial score (nSPS) is 21.5. The number of rotatable bonds is 1. The molecule has 0 atom stereocenters. The van der Waals surface area contributed by atoms with E-state index < -0.39 is 0 Å². The summed E-state index contributed by atoms with van der Waals surface area (Å²) in [7, 11) is 0. The van der Waals surface area contributed by atoms with Crippen LogP contribution in [-0.4, -0.2) is 17.5 Å². The second-order valence-electron chi connectivity index (χ2n) is 6.01. The number of para-hydroxylation sites is 1. The Morgan fingerprint density at radius 1 is 1.16 bits per heavy atom. The van der Waals surface area contributed by atoms with Gasteiger partial charge in [0.2, 0.25) is 0 Å². The van der Waals surface area contributed by atoms with E-state index in [2.05, 4.69) is 37.4 Å². The van der Waals surface area contributed by atoms with Crippen molar-refractivity contribution >= 4 is 22.6 Å². The monoisotopic (exact) mass is 274 g/mol. The summed E-state index contributed by atoms with van der Waals surface area (Å²) in [5, 5.41) is 4.64. The summed E-state index contributed by atoms with van der Waals surface area (Å²) in [6.45, 7) is 5.33. The first-order valence-corrected chi connectivity index (χ1v) is 8.18. The van der Waals surface area contributed by atoms with E-state index in [1.807, 2.05) is 11.8 Å². The Labute approximate surface area is 120 Å². The number of anilines is 1. The molecule has 0 bridgehead atoms. The first-order chi connectivity index (χ1) is 9.19. The molecule has 1 aliphatic carbocycles. The lowest BCUT2D eigenvalue weighted by atomic mass is 9.89. The molecule has 0 unspecified atom stereocenters. The minimum atomic E-state index is 0.524. The molecule has 1 N–H and O–H groups in total. The summed E-state index contributed by atoms with van der Waals surface area (Å²) in [6, 6.07) is 6.42. The number of amidine groups is 1. The van der Waals surface area contributed by atoms with Crippen molar-refractivity contribution in [1.82, 2.24) is 0 Å². The Hall–Kier alpha value is -0.960. The third-order valence-corrected chi connectivity index (χ3v) is 5.71. The Morgan fingerprint density at radius 3 is 2.42 bits per heavy atom. The van der Waals surface area contributed by atoms with Crippen LogP contribution in [0.2, 0.25) is 0 Å². The average Bonchev–Trinajstić information content (AvgIpc) is 2.85. The highest BCUT2D eigenvalue weighted by atomic mass is 32.2. The van der Waals surface area contributed by atoms with Crippen LogP contribution in [0.25, 0.3) is 0 Å². The smallest absolute Gasteiger partial charge is 0.161 e. The fourth-order valence-electron chi connectivity index (χ4n) is 3.17. The van der Waals surface area contributed by atoms with Crippen molar-refractivity contribution in [1.29, 1.82) is 0 Å². The van der Waals surface area contributed by atoms with Crippen molar-refractivity contribution in [3.05, 3.63) is 29.3 Å². The SMILES string of the molecule is Cc1cccc(C)c1NC1=NCC2(CCCC2)CS1. The summed E-state index contributed by atoms with van der Waals surface area (Å²) in [5.41, 5.74) is 4.35. The van der Waals surface area contributed by atoms with Gasteiger partial charge in [0.05, 0.1) is 0 Å². The highest BCUT2D eigenvalue weighted by Gasteiger charge is 2.36. The summed E-state index contributed by atoms with van der Waals surface area (Å²) in [5.74, 6) is 1.24. The van der Waals surface area contributed by atoms with Crippen LogP contribution in [0.4, 0.5) is 5.69 Å². The minimum Gasteiger partial charge on any atom is -0.335 e. The van der Waals surface area contributed by atoms with Gasteiger partial charge in [-0.15, -0.1) is 0 Å². The predicted octanol–water partition coefficient (Wildman–Crippen LogP) is 4.38. The maximum atomic E-state index is 4.81. The molecule has 0 radical (unpaired) electrons. The summed E-state index contributed by atoms with van der Waals surface area (Å²) in [6.07, 6.45) is 5.55. The van der Waals surface area contributed by atoms with Gasteiger partial charge in [-0.2, -0.15) is 0 Å². The molecule has 0 amide bonds. The van der Waals surface area contributed by atoms with E-state index >= 15 is 0 Å². The van der Waals surface area contributed by atoms with E-state index in [4.69, 9.17) is 4.99 Å². The number of hydrogen-bond donors (Lipinski definition) is 1. The van der Waals surface area contributed by atoms with Gasteiger partial charge in [0.1, 0.15) is 0 Å². The van der Waals surface area contributed by atoms with E-state index in [0.717, 1.165) is 11.7 Å². The van der Waals surface area contributed by atoms with Gasteiger partial charge < -0.3 is 5.32 Å². The Kier molecular flexibility index (Phi) is 3.57. The average molecular weight is 274 g/mol. The van der Waals surface area contributed by atoms with E-state index in [1.54, 1.807) is 0 Å². The molecule has 1 fully saturated rings. The third kappa shape index (κ3) is 2.66. The van der Waals surface area contributed by atoms with Crippen molar-refractivity contribution in [2.24, 2.45) is 10.4 Å². The molecule has 19 heavy (non-hydrogen) atoms. The minimum absolute atomic E-state index is 0.524. The van der Waals surface area contributed by atoms with Crippen molar-refractivity contribution in [2.75, 3.05) is 17.6 Å². The van der Waals surface area contributed by atoms with Gasteiger partial charge in [0.25, 0.3) is 0 Å². The second-order valence-corrected chi connectivity index (χ2v) is 6.97. The van der Waals surface area contributed by atoms with Crippen molar-refractivity contribution in [3.63, 3.8) is 0 Å². The van der Waals surface area contributed by atoms with E-state index in [-0.39, 0.29) is 0 Å². The molecule has 1 aromatic carbocycles. The molecule has 1 spiro atoms. The molecule has 3 heteroatoms. The number of aryl methyl sites for hydroxylation is 2. The molecule has 2 nitrogen and oxygen atoms in total. The van der Waals surface area contributed by atoms with E-state index in [9.17, 15) is 0 Å². The van der Waals surface area contributed by atoms with Crippen molar-refractivity contribution in [3.8, 4) is 0 Å². The lowest BCUT2D eigenvalue weighted by Crippen LogP contribution is -2.30. The lowest BCUT2D eigenvalue weighted by molar-refractivity contribution is 0.359. The van der Waals surface area contributed by atoms with Crippen LogP contribution in [-0.2, 0) is 0 Å². The van der Waals surface area contributed by atoms with E-state index in [1.165, 1.54) is 48.3 Å². The topological polar surface area (TPSA) is 24.4 Å². The molecular formula is C16H22N2S. The fraction of sp³-hybridized carbons (Fsp3) is 0.562. The third-order valence-electron chi connectivity index (χ3n) is 4.45. The number of nitrogens with one attached hydrogen (secondary N) is 1. The molecular weight excluding hydrogens is 252 g/mol. The molecule has 2 aliphatic rings. The molecule has 1 heterocycles. The summed E-state index contributed by atoms with van der Waals surface area (Å²) in [4.78, 5) is 4.81. The molecule has 102 valence electrons.